The molecule has 10 atom stereocenters. The van der Waals surface area contributed by atoms with Crippen molar-refractivity contribution >= 4 is 15.6 Å². The van der Waals surface area contributed by atoms with Gasteiger partial charge in [-0.2, -0.15) is 5.10 Å². The lowest BCUT2D eigenvalue weighted by Gasteiger charge is -2.57. The van der Waals surface area contributed by atoms with Crippen molar-refractivity contribution in [1.29, 1.82) is 0 Å². The number of ketones is 1. The topological polar surface area (TPSA) is 89.3 Å². The van der Waals surface area contributed by atoms with Gasteiger partial charge in [-0.25, -0.2) is 8.42 Å². The summed E-state index contributed by atoms with van der Waals surface area (Å²) >= 11 is 0. The van der Waals surface area contributed by atoms with Gasteiger partial charge in [0.2, 0.25) is 0 Å². The molecule has 0 saturated heterocycles. The highest BCUT2D eigenvalue weighted by molar-refractivity contribution is 7.90. The molecular formula is C26H38N2O4S. The maximum absolute atomic E-state index is 13.6. The van der Waals surface area contributed by atoms with E-state index in [-0.39, 0.29) is 28.6 Å². The van der Waals surface area contributed by atoms with E-state index in [1.807, 2.05) is 6.92 Å². The van der Waals surface area contributed by atoms with Crippen LogP contribution in [0, 0.1) is 52.8 Å². The molecule has 5 fully saturated rings. The molecule has 5 aliphatic rings. The molecule has 6 rings (SSSR count). The van der Waals surface area contributed by atoms with Gasteiger partial charge < -0.3 is 5.11 Å². The highest BCUT2D eigenvalue weighted by Crippen LogP contribution is 2.74. The number of fused-ring (bicyclic) bond motifs is 7. The van der Waals surface area contributed by atoms with E-state index in [0.717, 1.165) is 37.0 Å². The van der Waals surface area contributed by atoms with E-state index in [0.29, 0.717) is 23.7 Å². The smallest absolute Gasteiger partial charge is 0.178 e. The van der Waals surface area contributed by atoms with Crippen LogP contribution in [0.3, 0.4) is 0 Å². The first kappa shape index (κ1) is 22.3. The molecule has 182 valence electrons. The van der Waals surface area contributed by atoms with Crippen LogP contribution in [0.4, 0.5) is 0 Å². The van der Waals surface area contributed by atoms with Crippen LogP contribution in [0.2, 0.25) is 0 Å². The maximum Gasteiger partial charge on any atom is 0.178 e. The molecule has 5 saturated carbocycles. The Morgan fingerprint density at radius 3 is 2.58 bits per heavy atom. The zero-order valence-corrected chi connectivity index (χ0v) is 20.9. The zero-order valence-electron chi connectivity index (χ0n) is 20.1. The summed E-state index contributed by atoms with van der Waals surface area (Å²) in [6.07, 6.45) is 13.2. The highest BCUT2D eigenvalue weighted by atomic mass is 32.2. The number of carbonyl (C=O) groups excluding carboxylic acids is 1. The monoisotopic (exact) mass is 474 g/mol. The Kier molecular flexibility index (Phi) is 4.83. The van der Waals surface area contributed by atoms with Gasteiger partial charge in [0.15, 0.2) is 15.6 Å². The molecule has 0 aromatic carbocycles. The fraction of sp³-hybridized carbons (Fsp3) is 0.846. The molecule has 1 N–H and O–H groups in total. The number of Topliss-reactive ketones (excluding diaryl/α,β-unsaturated/α-hetero) is 1. The van der Waals surface area contributed by atoms with Gasteiger partial charge in [-0.3, -0.25) is 9.48 Å². The number of sulfone groups is 1. The Morgan fingerprint density at radius 2 is 1.85 bits per heavy atom. The van der Waals surface area contributed by atoms with Crippen LogP contribution in [0.15, 0.2) is 17.3 Å². The molecule has 33 heavy (non-hydrogen) atoms. The largest absolute Gasteiger partial charge is 0.390 e. The molecule has 1 aromatic rings. The summed E-state index contributed by atoms with van der Waals surface area (Å²) in [5, 5.41) is 14.8. The van der Waals surface area contributed by atoms with E-state index < -0.39 is 15.4 Å². The maximum atomic E-state index is 13.6. The highest BCUT2D eigenvalue weighted by Gasteiger charge is 2.70. The number of rotatable bonds is 4. The fourth-order valence-electron chi connectivity index (χ4n) is 9.53. The second-order valence-corrected chi connectivity index (χ2v) is 14.8. The van der Waals surface area contributed by atoms with E-state index in [1.165, 1.54) is 55.4 Å². The predicted octanol–water partition coefficient (Wildman–Crippen LogP) is 3.73. The molecule has 6 nitrogen and oxygen atoms in total. The minimum absolute atomic E-state index is 0.0750. The summed E-state index contributed by atoms with van der Waals surface area (Å²) in [5.41, 5.74) is -0.404. The number of hydrogen-bond donors (Lipinski definition) is 1. The van der Waals surface area contributed by atoms with E-state index in [4.69, 9.17) is 0 Å². The van der Waals surface area contributed by atoms with E-state index in [1.54, 1.807) is 0 Å². The summed E-state index contributed by atoms with van der Waals surface area (Å²) in [6, 6.07) is 0. The molecule has 5 aliphatic carbocycles. The lowest BCUT2D eigenvalue weighted by molar-refractivity contribution is -0.136. The van der Waals surface area contributed by atoms with Crippen molar-refractivity contribution in [1.82, 2.24) is 9.78 Å². The van der Waals surface area contributed by atoms with Crippen molar-refractivity contribution in [2.45, 2.75) is 82.3 Å². The summed E-state index contributed by atoms with van der Waals surface area (Å²) in [5.74, 6) is 5.16. The summed E-state index contributed by atoms with van der Waals surface area (Å²) in [7, 11) is -3.31. The SMILES string of the molecule is C[C@@]1(O)CC[C@H]2[C@H](CC[C@@H]3[C@@H]2CC[C@@]2(C)[C@H]3[C@@H]3C[C@@H]3[C@@H]2C(=O)Cn2cc(S(C)(=O)=O)cn2)C1. The van der Waals surface area contributed by atoms with Crippen LogP contribution in [0.1, 0.15) is 65.2 Å². The number of aromatic nitrogens is 2. The Bertz CT molecular complexity index is 1080. The van der Waals surface area contributed by atoms with Crippen LogP contribution in [0.25, 0.3) is 0 Å². The molecule has 0 amide bonds. The van der Waals surface area contributed by atoms with Gasteiger partial charge >= 0.3 is 0 Å². The minimum atomic E-state index is -3.31. The average molecular weight is 475 g/mol. The van der Waals surface area contributed by atoms with E-state index >= 15 is 0 Å². The van der Waals surface area contributed by atoms with Gasteiger partial charge in [-0.1, -0.05) is 6.92 Å². The lowest BCUT2D eigenvalue weighted by atomic mass is 9.48. The number of hydrogen-bond acceptors (Lipinski definition) is 5. The van der Waals surface area contributed by atoms with Gasteiger partial charge in [0.25, 0.3) is 0 Å². The Hall–Kier alpha value is -1.21. The molecule has 1 heterocycles. The fourth-order valence-corrected chi connectivity index (χ4v) is 10.1. The van der Waals surface area contributed by atoms with Crippen LogP contribution < -0.4 is 0 Å². The first-order valence-corrected chi connectivity index (χ1v) is 14.8. The van der Waals surface area contributed by atoms with Crippen LogP contribution in [-0.2, 0) is 21.2 Å². The van der Waals surface area contributed by atoms with Crippen molar-refractivity contribution < 1.29 is 18.3 Å². The van der Waals surface area contributed by atoms with E-state index in [9.17, 15) is 18.3 Å². The third-order valence-electron chi connectivity index (χ3n) is 10.7. The molecule has 0 bridgehead atoms. The molecule has 0 radical (unpaired) electrons. The zero-order chi connectivity index (χ0) is 23.3. The second-order valence-electron chi connectivity index (χ2n) is 12.8. The Morgan fingerprint density at radius 1 is 1.09 bits per heavy atom. The normalized spacial score (nSPS) is 48.4. The van der Waals surface area contributed by atoms with Crippen molar-refractivity contribution in [2.24, 2.45) is 52.8 Å². The Balaban J connectivity index is 1.21. The third-order valence-corrected chi connectivity index (χ3v) is 11.8. The molecule has 7 heteroatoms. The van der Waals surface area contributed by atoms with Gasteiger partial charge in [-0.05, 0) is 105 Å². The summed E-state index contributed by atoms with van der Waals surface area (Å²) < 4.78 is 25.1. The van der Waals surface area contributed by atoms with Gasteiger partial charge in [0.05, 0.1) is 18.3 Å². The number of nitrogens with zero attached hydrogens (tertiary/aromatic N) is 2. The number of aliphatic hydroxyl groups is 1. The first-order valence-electron chi connectivity index (χ1n) is 13.0. The molecular weight excluding hydrogens is 436 g/mol. The Labute approximate surface area is 197 Å². The van der Waals surface area contributed by atoms with Crippen molar-refractivity contribution in [3.05, 3.63) is 12.4 Å². The summed E-state index contributed by atoms with van der Waals surface area (Å²) in [6.45, 7) is 4.60. The third kappa shape index (κ3) is 3.47. The molecule has 0 unspecified atom stereocenters. The van der Waals surface area contributed by atoms with E-state index in [2.05, 4.69) is 12.0 Å². The summed E-state index contributed by atoms with van der Waals surface area (Å²) in [4.78, 5) is 13.8. The number of carbonyl (C=O) groups is 1. The van der Waals surface area contributed by atoms with Gasteiger partial charge in [-0.15, -0.1) is 0 Å². The second kappa shape index (κ2) is 7.16. The predicted molar refractivity (Wildman–Crippen MR) is 124 cm³/mol. The quantitative estimate of drug-likeness (QED) is 0.718. The molecule has 0 aliphatic heterocycles. The van der Waals surface area contributed by atoms with Gasteiger partial charge in [0, 0.05) is 18.4 Å². The van der Waals surface area contributed by atoms with Crippen molar-refractivity contribution in [3.8, 4) is 0 Å². The molecule has 0 spiro atoms. The first-order chi connectivity index (χ1) is 15.5. The van der Waals surface area contributed by atoms with Gasteiger partial charge in [0.1, 0.15) is 4.90 Å². The average Bonchev–Trinajstić information content (AvgIpc) is 3.20. The minimum Gasteiger partial charge on any atom is -0.390 e. The standard InChI is InChI=1S/C26H38N2O4S/c1-25(30)8-6-17-15(11-25)4-5-19-18(17)7-9-26(2)23(19)20-10-21(20)24(26)22(29)14-28-13-16(12-27-28)33(3,31)32/h12-13,15,17-21,23-24,30H,4-11,14H2,1-3H3/t15-,17+,18-,19-,20-,21+,23-,24-,25-,26+/m1/s1. The van der Waals surface area contributed by atoms with Crippen LogP contribution in [0.5, 0.6) is 0 Å². The van der Waals surface area contributed by atoms with Crippen molar-refractivity contribution in [3.63, 3.8) is 0 Å². The van der Waals surface area contributed by atoms with Crippen LogP contribution in [-0.4, -0.2) is 40.9 Å². The van der Waals surface area contributed by atoms with Crippen LogP contribution >= 0.6 is 0 Å². The lowest BCUT2D eigenvalue weighted by Crippen LogP contribution is -2.52. The van der Waals surface area contributed by atoms with Crippen molar-refractivity contribution in [2.75, 3.05) is 6.26 Å². The molecule has 1 aromatic heterocycles.